The molecule has 6 nitrogen and oxygen atoms in total. The van der Waals surface area contributed by atoms with E-state index in [2.05, 4.69) is 0 Å². The van der Waals surface area contributed by atoms with E-state index in [9.17, 15) is 10.2 Å². The second-order valence-corrected chi connectivity index (χ2v) is 6.49. The molecular weight excluding hydrogens is 336 g/mol. The van der Waals surface area contributed by atoms with Crippen molar-refractivity contribution < 1.29 is 29.2 Å². The van der Waals surface area contributed by atoms with E-state index < -0.39 is 37.0 Å². The van der Waals surface area contributed by atoms with Crippen LogP contribution in [0.1, 0.15) is 23.7 Å². The average molecular weight is 358 g/mol. The Hall–Kier alpha value is -1.80. The molecule has 4 rings (SSSR count). The van der Waals surface area contributed by atoms with Crippen molar-refractivity contribution in [1.29, 1.82) is 0 Å². The van der Waals surface area contributed by atoms with E-state index in [0.29, 0.717) is 0 Å². The maximum Gasteiger partial charge on any atom is 0.184 e. The zero-order valence-corrected chi connectivity index (χ0v) is 14.2. The van der Waals surface area contributed by atoms with Crippen molar-refractivity contribution in [1.82, 2.24) is 0 Å². The highest BCUT2D eigenvalue weighted by molar-refractivity contribution is 5.18. The van der Waals surface area contributed by atoms with E-state index in [1.165, 1.54) is 0 Å². The van der Waals surface area contributed by atoms with Gasteiger partial charge in [0.25, 0.3) is 0 Å². The molecule has 2 saturated heterocycles. The third kappa shape index (κ3) is 3.66. The Labute approximate surface area is 151 Å². The molecule has 2 aliphatic rings. The molecule has 2 aromatic carbocycles. The van der Waals surface area contributed by atoms with Crippen LogP contribution in [0.25, 0.3) is 0 Å². The zero-order chi connectivity index (χ0) is 17.9. The third-order valence-electron chi connectivity index (χ3n) is 4.65. The van der Waals surface area contributed by atoms with E-state index in [4.69, 9.17) is 18.9 Å². The summed E-state index contributed by atoms with van der Waals surface area (Å²) in [6.45, 7) is 0.239. The molecule has 26 heavy (non-hydrogen) atoms. The van der Waals surface area contributed by atoms with Crippen LogP contribution in [0.15, 0.2) is 60.7 Å². The van der Waals surface area contributed by atoms with Crippen LogP contribution in [0, 0.1) is 0 Å². The topological polar surface area (TPSA) is 77.4 Å². The van der Waals surface area contributed by atoms with Gasteiger partial charge in [0.15, 0.2) is 12.6 Å². The first-order chi connectivity index (χ1) is 12.7. The Bertz CT molecular complexity index is 694. The Morgan fingerprint density at radius 1 is 0.692 bits per heavy atom. The van der Waals surface area contributed by atoms with Gasteiger partial charge in [0.1, 0.15) is 24.4 Å². The molecule has 2 unspecified atom stereocenters. The minimum absolute atomic E-state index is 0.0209. The molecule has 0 spiro atoms. The average Bonchev–Trinajstić information content (AvgIpc) is 3.13. The summed E-state index contributed by atoms with van der Waals surface area (Å²) < 4.78 is 23.4. The van der Waals surface area contributed by atoms with Crippen molar-refractivity contribution in [3.05, 3.63) is 71.8 Å². The van der Waals surface area contributed by atoms with Crippen LogP contribution in [0.3, 0.4) is 0 Å². The Morgan fingerprint density at radius 3 is 1.85 bits per heavy atom. The van der Waals surface area contributed by atoms with Crippen molar-refractivity contribution in [2.75, 3.05) is 13.2 Å². The monoisotopic (exact) mass is 358 g/mol. The molecule has 0 saturated carbocycles. The van der Waals surface area contributed by atoms with Gasteiger partial charge in [0.2, 0.25) is 0 Å². The van der Waals surface area contributed by atoms with Gasteiger partial charge >= 0.3 is 0 Å². The molecule has 0 aliphatic carbocycles. The first kappa shape index (κ1) is 17.6. The fourth-order valence-corrected chi connectivity index (χ4v) is 3.24. The van der Waals surface area contributed by atoms with Crippen molar-refractivity contribution in [3.8, 4) is 0 Å². The molecule has 6 heteroatoms. The van der Waals surface area contributed by atoms with Gasteiger partial charge in [-0.05, 0) is 0 Å². The lowest BCUT2D eigenvalue weighted by Gasteiger charge is -2.28. The number of benzene rings is 2. The van der Waals surface area contributed by atoms with E-state index in [0.717, 1.165) is 11.1 Å². The van der Waals surface area contributed by atoms with Gasteiger partial charge in [0.05, 0.1) is 13.2 Å². The standard InChI is InChI=1S/C20H22O6/c21-15-11-23-20(14-9-5-2-6-10-14)26-18(17(15)22)16-12-24-19(25-16)13-7-3-1-4-8-13/h1-10,15-22H,11-12H2/t15-,16+,17-,18-,19?,20?/m1/s1. The van der Waals surface area contributed by atoms with Crippen LogP contribution in [0.4, 0.5) is 0 Å². The number of ether oxygens (including phenoxy) is 4. The molecule has 2 heterocycles. The molecule has 2 aliphatic heterocycles. The summed E-state index contributed by atoms with van der Waals surface area (Å²) >= 11 is 0. The second kappa shape index (κ2) is 7.84. The molecule has 2 aromatic rings. The lowest BCUT2D eigenvalue weighted by molar-refractivity contribution is -0.200. The molecule has 138 valence electrons. The highest BCUT2D eigenvalue weighted by Crippen LogP contribution is 2.34. The number of hydrogen-bond acceptors (Lipinski definition) is 6. The minimum atomic E-state index is -1.13. The molecule has 0 bridgehead atoms. The quantitative estimate of drug-likeness (QED) is 0.873. The van der Waals surface area contributed by atoms with Gasteiger partial charge in [-0.3, -0.25) is 0 Å². The summed E-state index contributed by atoms with van der Waals surface area (Å²) in [4.78, 5) is 0. The molecule has 2 fully saturated rings. The first-order valence-electron chi connectivity index (χ1n) is 8.72. The Balaban J connectivity index is 1.51. The van der Waals surface area contributed by atoms with Gasteiger partial charge in [0, 0.05) is 11.1 Å². The van der Waals surface area contributed by atoms with Gasteiger partial charge in [-0.15, -0.1) is 0 Å². The molecule has 0 aromatic heterocycles. The normalized spacial score (nSPS) is 35.2. The van der Waals surface area contributed by atoms with E-state index in [-0.39, 0.29) is 13.2 Å². The van der Waals surface area contributed by atoms with Crippen LogP contribution in [-0.2, 0) is 18.9 Å². The van der Waals surface area contributed by atoms with Crippen molar-refractivity contribution in [2.45, 2.75) is 37.0 Å². The summed E-state index contributed by atoms with van der Waals surface area (Å²) in [6.07, 6.45) is -4.69. The number of hydrogen-bond donors (Lipinski definition) is 2. The highest BCUT2D eigenvalue weighted by atomic mass is 16.7. The van der Waals surface area contributed by atoms with E-state index in [1.807, 2.05) is 60.7 Å². The summed E-state index contributed by atoms with van der Waals surface area (Å²) in [6, 6.07) is 19.0. The molecule has 0 radical (unpaired) electrons. The summed E-state index contributed by atoms with van der Waals surface area (Å²) in [5.41, 5.74) is 1.71. The van der Waals surface area contributed by atoms with Gasteiger partial charge in [-0.25, -0.2) is 0 Å². The zero-order valence-electron chi connectivity index (χ0n) is 14.2. The predicted molar refractivity (Wildman–Crippen MR) is 92.0 cm³/mol. The van der Waals surface area contributed by atoms with Crippen LogP contribution < -0.4 is 0 Å². The lowest BCUT2D eigenvalue weighted by atomic mass is 10.0. The molecular formula is C20H22O6. The predicted octanol–water partition coefficient (Wildman–Crippen LogP) is 1.94. The summed E-state index contributed by atoms with van der Waals surface area (Å²) in [7, 11) is 0. The first-order valence-corrected chi connectivity index (χ1v) is 8.72. The molecule has 2 N–H and O–H groups in total. The number of rotatable bonds is 3. The van der Waals surface area contributed by atoms with E-state index >= 15 is 0 Å². The van der Waals surface area contributed by atoms with Crippen molar-refractivity contribution in [3.63, 3.8) is 0 Å². The fourth-order valence-electron chi connectivity index (χ4n) is 3.24. The van der Waals surface area contributed by atoms with Gasteiger partial charge in [-0.1, -0.05) is 60.7 Å². The van der Waals surface area contributed by atoms with Crippen LogP contribution in [0.5, 0.6) is 0 Å². The number of aliphatic hydroxyl groups excluding tert-OH is 2. The Morgan fingerprint density at radius 2 is 1.23 bits per heavy atom. The Kier molecular flexibility index (Phi) is 5.31. The van der Waals surface area contributed by atoms with Crippen LogP contribution in [0.2, 0.25) is 0 Å². The van der Waals surface area contributed by atoms with Gasteiger partial charge < -0.3 is 29.2 Å². The highest BCUT2D eigenvalue weighted by Gasteiger charge is 2.43. The van der Waals surface area contributed by atoms with Crippen LogP contribution in [-0.4, -0.2) is 47.8 Å². The summed E-state index contributed by atoms with van der Waals surface area (Å²) in [5, 5.41) is 20.7. The largest absolute Gasteiger partial charge is 0.388 e. The fraction of sp³-hybridized carbons (Fsp3) is 0.400. The molecule has 0 amide bonds. The smallest absolute Gasteiger partial charge is 0.184 e. The summed E-state index contributed by atoms with van der Waals surface area (Å²) in [5.74, 6) is 0. The van der Waals surface area contributed by atoms with E-state index in [1.54, 1.807) is 0 Å². The van der Waals surface area contributed by atoms with Crippen LogP contribution >= 0.6 is 0 Å². The number of aliphatic hydroxyl groups is 2. The van der Waals surface area contributed by atoms with Crippen molar-refractivity contribution in [2.24, 2.45) is 0 Å². The maximum absolute atomic E-state index is 10.5. The minimum Gasteiger partial charge on any atom is -0.388 e. The second-order valence-electron chi connectivity index (χ2n) is 6.49. The van der Waals surface area contributed by atoms with Crippen molar-refractivity contribution >= 4 is 0 Å². The lowest BCUT2D eigenvalue weighted by Crippen LogP contribution is -2.46. The maximum atomic E-state index is 10.5. The SMILES string of the molecule is O[C@H]1[C@@H]([C@@H]2COC(c3ccccc3)O2)OC(c2ccccc2)OC[C@H]1O. The third-order valence-corrected chi connectivity index (χ3v) is 4.65. The van der Waals surface area contributed by atoms with Gasteiger partial charge in [-0.2, -0.15) is 0 Å². The molecule has 6 atom stereocenters.